The van der Waals surface area contributed by atoms with Crippen LogP contribution in [-0.2, 0) is 10.0 Å². The molecule has 21 heavy (non-hydrogen) atoms. The van der Waals surface area contributed by atoms with Crippen LogP contribution in [0.1, 0.15) is 18.5 Å². The van der Waals surface area contributed by atoms with Crippen LogP contribution in [-0.4, -0.2) is 24.9 Å². The van der Waals surface area contributed by atoms with Crippen LogP contribution < -0.4 is 0 Å². The van der Waals surface area contributed by atoms with Gasteiger partial charge in [0.1, 0.15) is 5.75 Å². The number of hydrogen-bond donors (Lipinski definition) is 1. The molecule has 1 atom stereocenters. The summed E-state index contributed by atoms with van der Waals surface area (Å²) in [5.41, 5.74) is 0.799. The van der Waals surface area contributed by atoms with E-state index < -0.39 is 10.0 Å². The van der Waals surface area contributed by atoms with Gasteiger partial charge >= 0.3 is 0 Å². The molecule has 0 aromatic heterocycles. The molecular formula is C15H16ClNO3S. The highest BCUT2D eigenvalue weighted by Gasteiger charge is 2.26. The van der Waals surface area contributed by atoms with Gasteiger partial charge in [0.2, 0.25) is 10.0 Å². The van der Waals surface area contributed by atoms with Gasteiger partial charge in [0.25, 0.3) is 0 Å². The van der Waals surface area contributed by atoms with Gasteiger partial charge in [0, 0.05) is 18.1 Å². The van der Waals surface area contributed by atoms with E-state index in [1.54, 1.807) is 31.2 Å². The van der Waals surface area contributed by atoms with Crippen LogP contribution in [0.2, 0.25) is 5.02 Å². The number of nitrogens with zero attached hydrogens (tertiary/aromatic N) is 1. The van der Waals surface area contributed by atoms with E-state index in [-0.39, 0.29) is 16.7 Å². The topological polar surface area (TPSA) is 57.6 Å². The van der Waals surface area contributed by atoms with E-state index in [1.807, 2.05) is 0 Å². The number of benzene rings is 2. The molecule has 0 saturated carbocycles. The molecule has 1 N–H and O–H groups in total. The maximum absolute atomic E-state index is 12.6. The third-order valence-corrected chi connectivity index (χ3v) is 5.61. The van der Waals surface area contributed by atoms with Crippen molar-refractivity contribution in [3.8, 4) is 5.75 Å². The van der Waals surface area contributed by atoms with Gasteiger partial charge in [-0.05, 0) is 48.9 Å². The lowest BCUT2D eigenvalue weighted by Crippen LogP contribution is -2.29. The molecule has 0 spiro atoms. The lowest BCUT2D eigenvalue weighted by molar-refractivity contribution is 0.398. The van der Waals surface area contributed by atoms with Gasteiger partial charge in [0.05, 0.1) is 4.90 Å². The average molecular weight is 326 g/mol. The summed E-state index contributed by atoms with van der Waals surface area (Å²) < 4.78 is 26.4. The summed E-state index contributed by atoms with van der Waals surface area (Å²) in [7, 11) is -2.07. The Labute approximate surface area is 129 Å². The van der Waals surface area contributed by atoms with Crippen molar-refractivity contribution in [1.82, 2.24) is 4.31 Å². The Bertz CT molecular complexity index is 712. The first kappa shape index (κ1) is 15.8. The van der Waals surface area contributed by atoms with E-state index in [4.69, 9.17) is 11.6 Å². The molecule has 0 aliphatic rings. The Morgan fingerprint density at radius 1 is 1.05 bits per heavy atom. The molecule has 0 fully saturated rings. The number of rotatable bonds is 4. The maximum Gasteiger partial charge on any atom is 0.243 e. The second-order valence-electron chi connectivity index (χ2n) is 4.74. The fourth-order valence-corrected chi connectivity index (χ4v) is 3.42. The van der Waals surface area contributed by atoms with E-state index in [2.05, 4.69) is 0 Å². The molecule has 112 valence electrons. The van der Waals surface area contributed by atoms with Gasteiger partial charge in [-0.15, -0.1) is 0 Å². The highest BCUT2D eigenvalue weighted by atomic mass is 35.5. The quantitative estimate of drug-likeness (QED) is 0.937. The lowest BCUT2D eigenvalue weighted by atomic mass is 10.1. The maximum atomic E-state index is 12.6. The Balaban J connectivity index is 2.31. The van der Waals surface area contributed by atoms with E-state index in [1.165, 1.54) is 35.6 Å². The number of phenolic OH excluding ortho intramolecular Hbond substituents is 1. The number of sulfonamides is 1. The Morgan fingerprint density at radius 2 is 1.57 bits per heavy atom. The Kier molecular flexibility index (Phi) is 4.56. The standard InChI is InChI=1S/C15H16ClNO3S/c1-11(12-3-7-14(18)8-4-12)17(2)21(19,20)15-9-5-13(16)6-10-15/h3-11,18H,1-2H3. The molecule has 0 aliphatic carbocycles. The van der Waals surface area contributed by atoms with E-state index in [0.717, 1.165) is 5.56 Å². The number of phenols is 1. The SMILES string of the molecule is CC(c1ccc(O)cc1)N(C)S(=O)(=O)c1ccc(Cl)cc1. The van der Waals surface area contributed by atoms with Crippen LogP contribution in [0.4, 0.5) is 0 Å². The molecule has 2 aromatic rings. The van der Waals surface area contributed by atoms with Crippen LogP contribution in [0.25, 0.3) is 0 Å². The average Bonchev–Trinajstić information content (AvgIpc) is 2.47. The first-order chi connectivity index (χ1) is 9.82. The number of hydrogen-bond acceptors (Lipinski definition) is 3. The third-order valence-electron chi connectivity index (χ3n) is 3.41. The predicted molar refractivity (Wildman–Crippen MR) is 82.9 cm³/mol. The fourth-order valence-electron chi connectivity index (χ4n) is 1.94. The van der Waals surface area contributed by atoms with Crippen molar-refractivity contribution >= 4 is 21.6 Å². The molecule has 1 unspecified atom stereocenters. The van der Waals surface area contributed by atoms with Gasteiger partial charge in [0.15, 0.2) is 0 Å². The molecule has 6 heteroatoms. The van der Waals surface area contributed by atoms with Gasteiger partial charge in [-0.25, -0.2) is 8.42 Å². The fraction of sp³-hybridized carbons (Fsp3) is 0.200. The van der Waals surface area contributed by atoms with Gasteiger partial charge < -0.3 is 5.11 Å². The summed E-state index contributed by atoms with van der Waals surface area (Å²) in [5, 5.41) is 9.79. The zero-order chi connectivity index (χ0) is 15.6. The van der Waals surface area contributed by atoms with Crippen molar-refractivity contribution in [2.24, 2.45) is 0 Å². The minimum atomic E-state index is -3.60. The van der Waals surface area contributed by atoms with Crippen molar-refractivity contribution in [1.29, 1.82) is 0 Å². The van der Waals surface area contributed by atoms with Crippen LogP contribution in [0.15, 0.2) is 53.4 Å². The first-order valence-electron chi connectivity index (χ1n) is 6.35. The molecule has 0 heterocycles. The largest absolute Gasteiger partial charge is 0.508 e. The summed E-state index contributed by atoms with van der Waals surface area (Å²) in [5.74, 6) is 0.147. The summed E-state index contributed by atoms with van der Waals surface area (Å²) >= 11 is 5.78. The molecule has 0 amide bonds. The zero-order valence-electron chi connectivity index (χ0n) is 11.7. The monoisotopic (exact) mass is 325 g/mol. The van der Waals surface area contributed by atoms with E-state index >= 15 is 0 Å². The van der Waals surface area contributed by atoms with Crippen LogP contribution in [0.3, 0.4) is 0 Å². The first-order valence-corrected chi connectivity index (χ1v) is 8.16. The van der Waals surface area contributed by atoms with Crippen molar-refractivity contribution < 1.29 is 13.5 Å². The molecule has 0 aliphatic heterocycles. The minimum absolute atomic E-state index is 0.147. The van der Waals surface area contributed by atoms with Crippen LogP contribution in [0.5, 0.6) is 5.75 Å². The molecular weight excluding hydrogens is 310 g/mol. The van der Waals surface area contributed by atoms with Crippen molar-refractivity contribution in [3.05, 3.63) is 59.1 Å². The smallest absolute Gasteiger partial charge is 0.243 e. The molecule has 2 rings (SSSR count). The van der Waals surface area contributed by atoms with Gasteiger partial charge in [-0.3, -0.25) is 0 Å². The zero-order valence-corrected chi connectivity index (χ0v) is 13.3. The van der Waals surface area contributed by atoms with Gasteiger partial charge in [-0.2, -0.15) is 4.31 Å². The van der Waals surface area contributed by atoms with Crippen molar-refractivity contribution in [3.63, 3.8) is 0 Å². The molecule has 0 saturated heterocycles. The molecule has 0 radical (unpaired) electrons. The summed E-state index contributed by atoms with van der Waals surface area (Å²) in [6, 6.07) is 12.2. The Morgan fingerprint density at radius 3 is 2.10 bits per heavy atom. The molecule has 0 bridgehead atoms. The van der Waals surface area contributed by atoms with Crippen LogP contribution in [0, 0.1) is 0 Å². The van der Waals surface area contributed by atoms with E-state index in [9.17, 15) is 13.5 Å². The Hall–Kier alpha value is -1.56. The summed E-state index contributed by atoms with van der Waals surface area (Å²) in [6.07, 6.45) is 0. The van der Waals surface area contributed by atoms with Crippen LogP contribution >= 0.6 is 11.6 Å². The number of halogens is 1. The third kappa shape index (κ3) is 3.37. The molecule has 4 nitrogen and oxygen atoms in total. The lowest BCUT2D eigenvalue weighted by Gasteiger charge is -2.24. The van der Waals surface area contributed by atoms with Gasteiger partial charge in [-0.1, -0.05) is 23.7 Å². The van der Waals surface area contributed by atoms with Crippen molar-refractivity contribution in [2.45, 2.75) is 17.9 Å². The normalized spacial score (nSPS) is 13.3. The highest BCUT2D eigenvalue weighted by Crippen LogP contribution is 2.27. The summed E-state index contributed by atoms with van der Waals surface area (Å²) in [6.45, 7) is 1.79. The van der Waals surface area contributed by atoms with Crippen molar-refractivity contribution in [2.75, 3.05) is 7.05 Å². The second kappa shape index (κ2) is 6.05. The number of aromatic hydroxyl groups is 1. The summed E-state index contributed by atoms with van der Waals surface area (Å²) in [4.78, 5) is 0.194. The highest BCUT2D eigenvalue weighted by molar-refractivity contribution is 7.89. The second-order valence-corrected chi connectivity index (χ2v) is 7.18. The minimum Gasteiger partial charge on any atom is -0.508 e. The van der Waals surface area contributed by atoms with E-state index in [0.29, 0.717) is 5.02 Å². The molecule has 2 aromatic carbocycles. The predicted octanol–water partition coefficient (Wildman–Crippen LogP) is 3.43.